The molecule has 2 aromatic rings. The van der Waals surface area contributed by atoms with Crippen LogP contribution in [0.4, 0.5) is 13.2 Å². The molecule has 1 fully saturated rings. The molecule has 0 saturated carbocycles. The summed E-state index contributed by atoms with van der Waals surface area (Å²) in [4.78, 5) is 19.9. The molecule has 0 aliphatic carbocycles. The number of carbonyl (C=O) groups is 1. The molecule has 3 rings (SSSR count). The third kappa shape index (κ3) is 5.40. The minimum absolute atomic E-state index is 0.280. The molecule has 2 aromatic heterocycles. The van der Waals surface area contributed by atoms with Gasteiger partial charge in [-0.1, -0.05) is 0 Å². The van der Waals surface area contributed by atoms with Crippen LogP contribution in [0, 0.1) is 0 Å². The van der Waals surface area contributed by atoms with Crippen molar-refractivity contribution in [1.29, 1.82) is 0 Å². The van der Waals surface area contributed by atoms with Crippen LogP contribution < -0.4 is 0 Å². The Morgan fingerprint density at radius 2 is 2.08 bits per heavy atom. The summed E-state index contributed by atoms with van der Waals surface area (Å²) >= 11 is 1.70. The van der Waals surface area contributed by atoms with Crippen molar-refractivity contribution in [3.63, 3.8) is 0 Å². The Balaban J connectivity index is 0.000000277. The van der Waals surface area contributed by atoms with Gasteiger partial charge in [-0.25, -0.2) is 9.78 Å². The van der Waals surface area contributed by atoms with Gasteiger partial charge in [0.1, 0.15) is 10.8 Å². The van der Waals surface area contributed by atoms with Gasteiger partial charge in [-0.3, -0.25) is 9.88 Å². The van der Waals surface area contributed by atoms with E-state index in [4.69, 9.17) is 9.90 Å². The van der Waals surface area contributed by atoms with E-state index in [1.807, 2.05) is 11.6 Å². The van der Waals surface area contributed by atoms with Crippen LogP contribution in [0.5, 0.6) is 5.75 Å². The highest BCUT2D eigenvalue weighted by atomic mass is 32.1. The molecule has 0 spiro atoms. The first kappa shape index (κ1) is 19.1. The van der Waals surface area contributed by atoms with Crippen LogP contribution >= 0.6 is 11.3 Å². The van der Waals surface area contributed by atoms with Crippen molar-refractivity contribution in [3.8, 4) is 5.75 Å². The Morgan fingerprint density at radius 3 is 2.64 bits per heavy atom. The number of carboxylic acid groups (broad SMARTS) is 1. The van der Waals surface area contributed by atoms with E-state index in [-0.39, 0.29) is 5.75 Å². The summed E-state index contributed by atoms with van der Waals surface area (Å²) in [6.07, 6.45) is 0.817. The molecule has 0 amide bonds. The van der Waals surface area contributed by atoms with Gasteiger partial charge in [-0.2, -0.15) is 13.2 Å². The maximum atomic E-state index is 10.6. The smallest absolute Gasteiger partial charge is 0.490 e. The zero-order chi connectivity index (χ0) is 18.4. The summed E-state index contributed by atoms with van der Waals surface area (Å²) in [7, 11) is 0. The van der Waals surface area contributed by atoms with E-state index in [9.17, 15) is 18.3 Å². The number of likely N-dealkylation sites (tertiary alicyclic amines) is 1. The molecule has 2 N–H and O–H groups in total. The van der Waals surface area contributed by atoms with Crippen molar-refractivity contribution in [3.05, 3.63) is 40.6 Å². The Kier molecular flexibility index (Phi) is 6.32. The number of carboxylic acids is 1. The monoisotopic (exact) mass is 375 g/mol. The van der Waals surface area contributed by atoms with Gasteiger partial charge in [-0.05, 0) is 31.5 Å². The van der Waals surface area contributed by atoms with Crippen LogP contribution in [-0.4, -0.2) is 43.8 Å². The minimum Gasteiger partial charge on any atom is -0.506 e. The maximum absolute atomic E-state index is 10.6. The third-order valence-electron chi connectivity index (χ3n) is 3.56. The standard InChI is InChI=1S/C13H15N3OS.C2HF3O2/c17-12-4-1-5-14-10(12)9-16-7-2-3-11(16)13-15-6-8-18-13;3-2(4,5)1(6)7/h1,4-6,8,11,17H,2-3,7,9H2;(H,6,7). The largest absolute Gasteiger partial charge is 0.506 e. The van der Waals surface area contributed by atoms with Gasteiger partial charge in [0.2, 0.25) is 0 Å². The van der Waals surface area contributed by atoms with Crippen LogP contribution in [0.25, 0.3) is 0 Å². The molecule has 0 aromatic carbocycles. The van der Waals surface area contributed by atoms with E-state index in [2.05, 4.69) is 14.9 Å². The molecule has 25 heavy (non-hydrogen) atoms. The van der Waals surface area contributed by atoms with Crippen molar-refractivity contribution in [2.45, 2.75) is 31.6 Å². The molecule has 0 bridgehead atoms. The van der Waals surface area contributed by atoms with E-state index in [1.54, 1.807) is 29.7 Å². The van der Waals surface area contributed by atoms with E-state index in [0.29, 0.717) is 12.6 Å². The number of thiazole rings is 1. The highest BCUT2D eigenvalue weighted by Gasteiger charge is 2.38. The molecule has 1 saturated heterocycles. The third-order valence-corrected chi connectivity index (χ3v) is 4.44. The molecule has 1 aliphatic heterocycles. The number of nitrogens with zero attached hydrogens (tertiary/aromatic N) is 3. The normalized spacial score (nSPS) is 17.8. The Hall–Kier alpha value is -2.20. The van der Waals surface area contributed by atoms with Gasteiger partial charge < -0.3 is 10.2 Å². The molecule has 10 heteroatoms. The first-order valence-corrected chi connectivity index (χ1v) is 8.23. The summed E-state index contributed by atoms with van der Waals surface area (Å²) in [5.41, 5.74) is 0.751. The number of aromatic hydroxyl groups is 1. The number of alkyl halides is 3. The maximum Gasteiger partial charge on any atom is 0.490 e. The summed E-state index contributed by atoms with van der Waals surface area (Å²) < 4.78 is 31.7. The van der Waals surface area contributed by atoms with Gasteiger partial charge in [0.05, 0.1) is 11.7 Å². The van der Waals surface area contributed by atoms with Crippen molar-refractivity contribution >= 4 is 17.3 Å². The van der Waals surface area contributed by atoms with Crippen LogP contribution in [0.3, 0.4) is 0 Å². The van der Waals surface area contributed by atoms with E-state index in [0.717, 1.165) is 18.7 Å². The van der Waals surface area contributed by atoms with Crippen molar-refractivity contribution in [2.24, 2.45) is 0 Å². The number of aliphatic carboxylic acids is 1. The second kappa shape index (κ2) is 8.26. The predicted octanol–water partition coefficient (Wildman–Crippen LogP) is 3.21. The fraction of sp³-hybridized carbons (Fsp3) is 0.400. The highest BCUT2D eigenvalue weighted by Crippen LogP contribution is 2.34. The fourth-order valence-electron chi connectivity index (χ4n) is 2.44. The van der Waals surface area contributed by atoms with Crippen LogP contribution in [0.15, 0.2) is 29.9 Å². The average Bonchev–Trinajstić information content (AvgIpc) is 3.20. The molecule has 1 unspecified atom stereocenters. The second-order valence-corrected chi connectivity index (χ2v) is 6.20. The number of aromatic nitrogens is 2. The number of hydrogen-bond donors (Lipinski definition) is 2. The molecular formula is C15H16F3N3O3S. The Labute approximate surface area is 145 Å². The van der Waals surface area contributed by atoms with Gasteiger partial charge in [-0.15, -0.1) is 11.3 Å². The summed E-state index contributed by atoms with van der Waals surface area (Å²) in [6, 6.07) is 3.82. The lowest BCUT2D eigenvalue weighted by Gasteiger charge is -2.22. The zero-order valence-electron chi connectivity index (χ0n) is 13.0. The minimum atomic E-state index is -5.08. The lowest BCUT2D eigenvalue weighted by molar-refractivity contribution is -0.192. The van der Waals surface area contributed by atoms with Crippen molar-refractivity contribution < 1.29 is 28.2 Å². The Morgan fingerprint density at radius 1 is 1.36 bits per heavy atom. The predicted molar refractivity (Wildman–Crippen MR) is 84.1 cm³/mol. The molecule has 136 valence electrons. The number of halogens is 3. The molecule has 6 nitrogen and oxygen atoms in total. The van der Waals surface area contributed by atoms with Gasteiger partial charge in [0, 0.05) is 24.3 Å². The van der Waals surface area contributed by atoms with Gasteiger partial charge in [0.15, 0.2) is 0 Å². The SMILES string of the molecule is O=C(O)C(F)(F)F.Oc1cccnc1CN1CCCC1c1nccs1. The molecule has 0 radical (unpaired) electrons. The summed E-state index contributed by atoms with van der Waals surface area (Å²) in [6.45, 7) is 1.73. The lowest BCUT2D eigenvalue weighted by atomic mass is 10.2. The van der Waals surface area contributed by atoms with Crippen LogP contribution in [0.2, 0.25) is 0 Å². The quantitative estimate of drug-likeness (QED) is 0.857. The first-order valence-electron chi connectivity index (χ1n) is 7.35. The molecule has 1 aliphatic rings. The summed E-state index contributed by atoms with van der Waals surface area (Å²) in [5.74, 6) is -2.48. The molecular weight excluding hydrogens is 359 g/mol. The number of rotatable bonds is 3. The van der Waals surface area contributed by atoms with Crippen molar-refractivity contribution in [2.75, 3.05) is 6.54 Å². The zero-order valence-corrected chi connectivity index (χ0v) is 13.8. The Bertz CT molecular complexity index is 695. The fourth-order valence-corrected chi connectivity index (χ4v) is 3.24. The number of pyridine rings is 1. The second-order valence-electron chi connectivity index (χ2n) is 5.27. The van der Waals surface area contributed by atoms with E-state index < -0.39 is 12.1 Å². The first-order chi connectivity index (χ1) is 11.8. The number of hydrogen-bond acceptors (Lipinski definition) is 6. The lowest BCUT2D eigenvalue weighted by Crippen LogP contribution is -2.23. The van der Waals surface area contributed by atoms with Crippen LogP contribution in [0.1, 0.15) is 29.6 Å². The average molecular weight is 375 g/mol. The highest BCUT2D eigenvalue weighted by molar-refractivity contribution is 7.09. The topological polar surface area (TPSA) is 86.5 Å². The van der Waals surface area contributed by atoms with Crippen LogP contribution in [-0.2, 0) is 11.3 Å². The van der Waals surface area contributed by atoms with Crippen molar-refractivity contribution in [1.82, 2.24) is 14.9 Å². The molecule has 3 heterocycles. The van der Waals surface area contributed by atoms with Gasteiger partial charge >= 0.3 is 12.1 Å². The molecule has 1 atom stereocenters. The van der Waals surface area contributed by atoms with E-state index in [1.165, 1.54) is 11.4 Å². The van der Waals surface area contributed by atoms with Gasteiger partial charge in [0.25, 0.3) is 0 Å². The summed E-state index contributed by atoms with van der Waals surface area (Å²) in [5, 5.41) is 20.1. The van der Waals surface area contributed by atoms with E-state index >= 15 is 0 Å².